The van der Waals surface area contributed by atoms with E-state index in [2.05, 4.69) is 55.6 Å². The zero-order chi connectivity index (χ0) is 18.9. The van der Waals surface area contributed by atoms with Gasteiger partial charge in [-0.3, -0.25) is 0 Å². The van der Waals surface area contributed by atoms with Gasteiger partial charge in [-0.25, -0.2) is 0 Å². The van der Waals surface area contributed by atoms with Crippen LogP contribution >= 0.6 is 0 Å². The number of rotatable bonds is 1. The van der Waals surface area contributed by atoms with E-state index in [1.54, 1.807) is 12.1 Å². The van der Waals surface area contributed by atoms with Gasteiger partial charge < -0.3 is 35.3 Å². The molecule has 2 nitrogen and oxygen atoms in total. The van der Waals surface area contributed by atoms with Gasteiger partial charge in [-0.05, 0) is 11.0 Å². The second-order valence-corrected chi connectivity index (χ2v) is 7.78. The summed E-state index contributed by atoms with van der Waals surface area (Å²) in [5.41, 5.74) is 8.47. The van der Waals surface area contributed by atoms with Crippen LogP contribution in [0.1, 0.15) is 36.7 Å². The third-order valence-corrected chi connectivity index (χ3v) is 3.53. The summed E-state index contributed by atoms with van der Waals surface area (Å²) in [6.07, 6.45) is 0. The van der Waals surface area contributed by atoms with Gasteiger partial charge in [0.05, 0.1) is 5.91 Å². The van der Waals surface area contributed by atoms with Crippen LogP contribution in [-0.2, 0) is 27.1 Å². The maximum absolute atomic E-state index is 11.0. The Kier molecular flexibility index (Phi) is 18.0. The van der Waals surface area contributed by atoms with E-state index in [4.69, 9.17) is 5.73 Å². The normalized spacial score (nSPS) is 9.18. The number of carbonyl (C=O) groups excluding carboxylic acids is 1. The first-order chi connectivity index (χ1) is 11.8. The number of benzene rings is 2. The predicted molar refractivity (Wildman–Crippen MR) is 111 cm³/mol. The molecule has 0 fully saturated rings. The standard InChI is InChI=1S/C11H15NO.C9H7.C2H6Si.2ClH.Ti/c1-11(2,3)9-7-5-4-6-8(9)10(12)13;1-2-5-9-7-3-6-8(9)4-1;1-3-2;;;/h4-7H,1-3H3,(H2,12,13);1-7H;1-2H3;2*1H;/q;-1;;;;+4/p-3. The second-order valence-electron chi connectivity index (χ2n) is 6.78. The Bertz CT molecular complexity index is 770. The van der Waals surface area contributed by atoms with Crippen LogP contribution in [0.3, 0.4) is 0 Å². The molecule has 0 heterocycles. The zero-order valence-electron chi connectivity index (χ0n) is 17.0. The molecular formula is C22H27Cl2NOSiTi. The molecule has 0 aliphatic heterocycles. The maximum atomic E-state index is 11.0. The summed E-state index contributed by atoms with van der Waals surface area (Å²) < 4.78 is 0. The number of amides is 1. The summed E-state index contributed by atoms with van der Waals surface area (Å²) in [5.74, 6) is -0.606. The molecule has 0 unspecified atom stereocenters. The molecule has 0 aromatic heterocycles. The minimum Gasteiger partial charge on any atom is -1.00 e. The van der Waals surface area contributed by atoms with Crippen molar-refractivity contribution in [1.29, 1.82) is 0 Å². The van der Waals surface area contributed by atoms with Crippen LogP contribution in [-0.4, -0.2) is 15.4 Å². The molecule has 148 valence electrons. The molecule has 0 aliphatic carbocycles. The fourth-order valence-corrected chi connectivity index (χ4v) is 2.41. The molecule has 0 aliphatic rings. The van der Waals surface area contributed by atoms with E-state index in [9.17, 15) is 4.79 Å². The van der Waals surface area contributed by atoms with Crippen molar-refractivity contribution in [2.75, 3.05) is 0 Å². The van der Waals surface area contributed by atoms with Crippen molar-refractivity contribution in [3.05, 3.63) is 83.6 Å². The Balaban J connectivity index is -0.000000368. The van der Waals surface area contributed by atoms with Gasteiger partial charge in [-0.15, -0.1) is 29.7 Å². The van der Waals surface area contributed by atoms with Gasteiger partial charge in [-0.2, -0.15) is 17.5 Å². The molecule has 28 heavy (non-hydrogen) atoms. The first kappa shape index (κ1) is 31.7. The molecule has 0 spiro atoms. The quantitative estimate of drug-likeness (QED) is 0.380. The Morgan fingerprint density at radius 1 is 0.929 bits per heavy atom. The van der Waals surface area contributed by atoms with Gasteiger partial charge in [0.25, 0.3) is 0 Å². The first-order valence-corrected chi connectivity index (χ1v) is 10.4. The Morgan fingerprint density at radius 3 is 1.89 bits per heavy atom. The van der Waals surface area contributed by atoms with Crippen molar-refractivity contribution in [3.63, 3.8) is 0 Å². The maximum Gasteiger partial charge on any atom is 4.00 e. The van der Waals surface area contributed by atoms with Crippen molar-refractivity contribution in [3.8, 4) is 0 Å². The third-order valence-electron chi connectivity index (χ3n) is 3.53. The van der Waals surface area contributed by atoms with Crippen LogP contribution in [0.5, 0.6) is 0 Å². The number of nitrogens with one attached hydrogen (secondary N) is 1. The smallest absolute Gasteiger partial charge is 1.00 e. The molecule has 1 amide bonds. The Morgan fingerprint density at radius 2 is 1.43 bits per heavy atom. The summed E-state index contributed by atoms with van der Waals surface area (Å²) >= 11 is 0. The van der Waals surface area contributed by atoms with E-state index >= 15 is 0 Å². The van der Waals surface area contributed by atoms with Gasteiger partial charge in [0, 0.05) is 15.1 Å². The molecular weight excluding hydrogens is 441 g/mol. The molecule has 0 bridgehead atoms. The predicted octanol–water partition coefficient (Wildman–Crippen LogP) is 0.528. The fraction of sp³-hybridized carbons (Fsp3) is 0.273. The minimum atomic E-state index is -0.606. The van der Waals surface area contributed by atoms with E-state index in [-0.39, 0.29) is 51.9 Å². The molecule has 3 rings (SSSR count). The Hall–Kier alpha value is -0.969. The number of hydrogen-bond acceptors (Lipinski definition) is 1. The molecule has 2 radical (unpaired) electrons. The molecule has 0 atom stereocenters. The molecule has 6 heteroatoms. The minimum absolute atomic E-state index is 0. The van der Waals surface area contributed by atoms with Gasteiger partial charge in [0.1, 0.15) is 0 Å². The van der Waals surface area contributed by atoms with E-state index in [1.165, 1.54) is 10.8 Å². The van der Waals surface area contributed by atoms with Crippen LogP contribution in [0, 0.1) is 0 Å². The van der Waals surface area contributed by atoms with Gasteiger partial charge in [0.15, 0.2) is 0 Å². The fourth-order valence-electron chi connectivity index (χ4n) is 2.41. The van der Waals surface area contributed by atoms with Gasteiger partial charge in [-0.1, -0.05) is 64.2 Å². The van der Waals surface area contributed by atoms with Crippen LogP contribution in [0.4, 0.5) is 0 Å². The van der Waals surface area contributed by atoms with Gasteiger partial charge in [0.2, 0.25) is 0 Å². The molecule has 3 aromatic rings. The van der Waals surface area contributed by atoms with Gasteiger partial charge >= 0.3 is 21.7 Å². The molecule has 0 saturated heterocycles. The summed E-state index contributed by atoms with van der Waals surface area (Å²) in [5, 5.41) is 2.66. The van der Waals surface area contributed by atoms with Crippen LogP contribution in [0.2, 0.25) is 13.1 Å². The summed E-state index contributed by atoms with van der Waals surface area (Å²) in [6, 6.07) is 22.0. The Labute approximate surface area is 199 Å². The topological polar surface area (TPSA) is 40.9 Å². The van der Waals surface area contributed by atoms with Crippen LogP contribution < -0.4 is 24.8 Å². The van der Waals surface area contributed by atoms with E-state index < -0.39 is 5.91 Å². The molecule has 0 saturated carbocycles. The summed E-state index contributed by atoms with van der Waals surface area (Å²) in [7, 11) is 1.08. The number of fused-ring (bicyclic) bond motifs is 1. The zero-order valence-corrected chi connectivity index (χ0v) is 21.1. The van der Waals surface area contributed by atoms with Crippen LogP contribution in [0.15, 0.2) is 66.7 Å². The molecule has 1 N–H and O–H groups in total. The van der Waals surface area contributed by atoms with Crippen molar-refractivity contribution in [1.82, 2.24) is 0 Å². The third kappa shape index (κ3) is 10.5. The number of carbonyl (C=O) groups is 1. The van der Waals surface area contributed by atoms with Crippen molar-refractivity contribution in [2.45, 2.75) is 39.3 Å². The largest absolute Gasteiger partial charge is 4.00 e. The summed E-state index contributed by atoms with van der Waals surface area (Å²) in [4.78, 5) is 11.0. The van der Waals surface area contributed by atoms with E-state index in [0.717, 1.165) is 15.1 Å². The monoisotopic (exact) mass is 467 g/mol. The van der Waals surface area contributed by atoms with Crippen molar-refractivity contribution < 1.29 is 51.3 Å². The van der Waals surface area contributed by atoms with E-state index in [0.29, 0.717) is 5.56 Å². The average Bonchev–Trinajstić information content (AvgIpc) is 3.04. The van der Waals surface area contributed by atoms with Crippen molar-refractivity contribution in [2.24, 2.45) is 0 Å². The average molecular weight is 468 g/mol. The molecule has 3 aromatic carbocycles. The number of halogens is 2. The second kappa shape index (κ2) is 15.9. The first-order valence-electron chi connectivity index (χ1n) is 8.35. The number of hydrogen-bond donors (Lipinski definition) is 0. The van der Waals surface area contributed by atoms with Crippen LogP contribution in [0.25, 0.3) is 16.5 Å². The van der Waals surface area contributed by atoms with E-state index in [1.807, 2.05) is 32.9 Å². The van der Waals surface area contributed by atoms with Crippen molar-refractivity contribution >= 4 is 26.2 Å². The SMILES string of the molecule is CC(C)(C)c1ccccc1C([NH-])=O.C[Si]C.[Cl-].[Cl-].[Ti+4].c1ccc2[cH-]ccc2c1. The summed E-state index contributed by atoms with van der Waals surface area (Å²) in [6.45, 7) is 10.4.